The van der Waals surface area contributed by atoms with Gasteiger partial charge in [0.15, 0.2) is 0 Å². The summed E-state index contributed by atoms with van der Waals surface area (Å²) in [5, 5.41) is 0. The summed E-state index contributed by atoms with van der Waals surface area (Å²) < 4.78 is 46.8. The van der Waals surface area contributed by atoms with Crippen LogP contribution in [0.2, 0.25) is 0 Å². The number of benzene rings is 1. The van der Waals surface area contributed by atoms with Crippen LogP contribution in [0.3, 0.4) is 0 Å². The number of amidine groups is 1. The number of hydrogen-bond acceptors (Lipinski definition) is 1. The highest BCUT2D eigenvalue weighted by molar-refractivity contribution is 5.93. The number of aliphatic imine (C=N–C) groups is 2. The molecular weight excluding hydrogens is 188 g/mol. The van der Waals surface area contributed by atoms with E-state index in [1.54, 1.807) is 0 Å². The van der Waals surface area contributed by atoms with Gasteiger partial charge in [0.25, 0.3) is 0 Å². The molecule has 0 amide bonds. The lowest BCUT2D eigenvalue weighted by molar-refractivity contribution is 0.962. The zero-order valence-electron chi connectivity index (χ0n) is 14.3. The lowest BCUT2D eigenvalue weighted by atomic mass is 10.2. The van der Waals surface area contributed by atoms with Crippen molar-refractivity contribution < 1.29 is 8.22 Å². The van der Waals surface area contributed by atoms with E-state index < -0.39 is 24.4 Å². The van der Waals surface area contributed by atoms with Crippen LogP contribution in [0, 0.1) is 0 Å². The Labute approximate surface area is 98.2 Å². The van der Waals surface area contributed by atoms with E-state index in [1.165, 1.54) is 25.1 Å². The first-order valence-corrected chi connectivity index (χ1v) is 4.22. The van der Waals surface area contributed by atoms with Crippen molar-refractivity contribution in [1.29, 1.82) is 0 Å². The lowest BCUT2D eigenvalue weighted by Crippen LogP contribution is -2.16. The molecule has 0 radical (unpaired) electrons. The van der Waals surface area contributed by atoms with E-state index in [1.807, 2.05) is 0 Å². The summed E-state index contributed by atoms with van der Waals surface area (Å²) in [7, 11) is 0. The van der Waals surface area contributed by atoms with Gasteiger partial charge in [-0.1, -0.05) is 30.3 Å². The minimum atomic E-state index is -2.82. The molecule has 4 N–H and O–H groups in total. The summed E-state index contributed by atoms with van der Waals surface area (Å²) in [5.74, 6) is -0.465. The van der Waals surface area contributed by atoms with Crippen LogP contribution < -0.4 is 11.5 Å². The van der Waals surface area contributed by atoms with Gasteiger partial charge in [-0.3, -0.25) is 4.99 Å². The van der Waals surface area contributed by atoms with Crippen LogP contribution in [-0.4, -0.2) is 18.3 Å². The maximum absolute atomic E-state index is 7.94. The van der Waals surface area contributed by atoms with E-state index in [-0.39, 0.29) is 17.9 Å². The van der Waals surface area contributed by atoms with Gasteiger partial charge < -0.3 is 11.5 Å². The van der Waals surface area contributed by atoms with E-state index in [0.29, 0.717) is 0 Å². The van der Waals surface area contributed by atoms with Crippen LogP contribution in [0.15, 0.2) is 40.3 Å². The first-order chi connectivity index (χ1) is 9.49. The van der Waals surface area contributed by atoms with Crippen LogP contribution in [0.25, 0.3) is 0 Å². The summed E-state index contributed by atoms with van der Waals surface area (Å²) in [4.78, 5) is 6.93. The van der Waals surface area contributed by atoms with Crippen molar-refractivity contribution in [2.24, 2.45) is 21.5 Å². The van der Waals surface area contributed by atoms with Crippen molar-refractivity contribution in [2.75, 3.05) is 6.50 Å². The molecule has 1 aromatic carbocycles. The van der Waals surface area contributed by atoms with E-state index >= 15 is 0 Å². The molecule has 15 heavy (non-hydrogen) atoms. The molecule has 0 bridgehead atoms. The molecule has 0 aliphatic carbocycles. The smallest absolute Gasteiger partial charge is 0.216 e. The summed E-state index contributed by atoms with van der Waals surface area (Å²) in [6.45, 7) is -1.39. The Balaban J connectivity index is 3.37. The van der Waals surface area contributed by atoms with Gasteiger partial charge in [-0.2, -0.15) is 0 Å². The zero-order valence-corrected chi connectivity index (χ0v) is 8.28. The molecule has 0 saturated heterocycles. The standard InChI is InChI=1S/C11H16N4/c1-9(12)15-11(13)14-8-7-10-5-3-2-4-6-10/h2-6H,7-8H2,1H3,(H4,12,13,14,15)/i5D,6D,7D2,8D2. The van der Waals surface area contributed by atoms with Crippen molar-refractivity contribution >= 4 is 11.8 Å². The fourth-order valence-electron chi connectivity index (χ4n) is 0.772. The molecule has 0 atom stereocenters. The molecule has 0 aliphatic heterocycles. The molecule has 0 heterocycles. The highest BCUT2D eigenvalue weighted by Gasteiger charge is 1.91. The van der Waals surface area contributed by atoms with Gasteiger partial charge in [0.1, 0.15) is 0 Å². The van der Waals surface area contributed by atoms with Crippen LogP contribution in [0.1, 0.15) is 20.7 Å². The van der Waals surface area contributed by atoms with Crippen molar-refractivity contribution in [3.8, 4) is 0 Å². The fraction of sp³-hybridized carbons (Fsp3) is 0.273. The maximum atomic E-state index is 7.94. The second-order valence-electron chi connectivity index (χ2n) is 2.65. The molecule has 0 spiro atoms. The van der Waals surface area contributed by atoms with E-state index in [4.69, 9.17) is 19.7 Å². The highest BCUT2D eigenvalue weighted by atomic mass is 15.1. The predicted molar refractivity (Wildman–Crippen MR) is 63.9 cm³/mol. The van der Waals surface area contributed by atoms with Crippen LogP contribution >= 0.6 is 0 Å². The second-order valence-corrected chi connectivity index (χ2v) is 2.65. The Morgan fingerprint density at radius 1 is 1.40 bits per heavy atom. The molecule has 4 heteroatoms. The Bertz CT molecular complexity index is 572. The molecule has 0 fully saturated rings. The number of rotatable bonds is 3. The quantitative estimate of drug-likeness (QED) is 0.575. The maximum Gasteiger partial charge on any atom is 0.216 e. The van der Waals surface area contributed by atoms with Crippen molar-refractivity contribution in [3.63, 3.8) is 0 Å². The average Bonchev–Trinajstić information content (AvgIpc) is 2.25. The first-order valence-electron chi connectivity index (χ1n) is 7.22. The molecule has 1 aromatic rings. The topological polar surface area (TPSA) is 76.8 Å². The van der Waals surface area contributed by atoms with E-state index in [9.17, 15) is 0 Å². The Morgan fingerprint density at radius 2 is 2.07 bits per heavy atom. The Morgan fingerprint density at radius 3 is 2.67 bits per heavy atom. The Kier molecular flexibility index (Phi) is 2.05. The fourth-order valence-corrected chi connectivity index (χ4v) is 0.772. The van der Waals surface area contributed by atoms with Gasteiger partial charge in [0, 0.05) is 9.24 Å². The largest absolute Gasteiger partial charge is 0.387 e. The lowest BCUT2D eigenvalue weighted by Gasteiger charge is -1.97. The summed E-state index contributed by atoms with van der Waals surface area (Å²) in [5.41, 5.74) is 10.3. The normalized spacial score (nSPS) is 20.6. The van der Waals surface area contributed by atoms with Gasteiger partial charge in [0.05, 0.1) is 11.3 Å². The molecule has 80 valence electrons. The van der Waals surface area contributed by atoms with Gasteiger partial charge in [0.2, 0.25) is 5.96 Å². The van der Waals surface area contributed by atoms with E-state index in [0.717, 1.165) is 0 Å². The minimum Gasteiger partial charge on any atom is -0.387 e. The third-order valence-corrected chi connectivity index (χ3v) is 1.29. The van der Waals surface area contributed by atoms with Gasteiger partial charge in [-0.25, -0.2) is 4.99 Å². The molecule has 1 rings (SSSR count). The monoisotopic (exact) mass is 210 g/mol. The summed E-state index contributed by atoms with van der Waals surface area (Å²) >= 11 is 0. The van der Waals surface area contributed by atoms with Crippen molar-refractivity contribution in [1.82, 2.24) is 0 Å². The summed E-state index contributed by atoms with van der Waals surface area (Å²) in [6, 6.07) is 3.39. The molecule has 0 saturated carbocycles. The number of nitrogens with zero attached hydrogens (tertiary/aromatic N) is 2. The Hall–Kier alpha value is -1.84. The van der Waals surface area contributed by atoms with E-state index in [2.05, 4.69) is 9.98 Å². The van der Waals surface area contributed by atoms with Crippen LogP contribution in [0.4, 0.5) is 0 Å². The SMILES string of the molecule is [2H]c1cccc([2H])c1C([2H])([2H])C([2H])([2H])N=C(N)N=C(C)N. The number of guanidine groups is 1. The van der Waals surface area contributed by atoms with Crippen LogP contribution in [-0.2, 0) is 6.37 Å². The first kappa shape index (κ1) is 5.30. The number of nitrogens with two attached hydrogens (primary N) is 2. The molecule has 0 unspecified atom stereocenters. The molecule has 4 nitrogen and oxygen atoms in total. The van der Waals surface area contributed by atoms with Gasteiger partial charge >= 0.3 is 0 Å². The minimum absolute atomic E-state index is 0.0506. The molecule has 0 aromatic heterocycles. The third-order valence-electron chi connectivity index (χ3n) is 1.29. The molecule has 0 aliphatic rings. The predicted octanol–water partition coefficient (Wildman–Crippen LogP) is 0.921. The highest BCUT2D eigenvalue weighted by Crippen LogP contribution is 1.99. The number of hydrogen-bond donors (Lipinski definition) is 2. The van der Waals surface area contributed by atoms with Crippen LogP contribution in [0.5, 0.6) is 0 Å². The van der Waals surface area contributed by atoms with Crippen molar-refractivity contribution in [3.05, 3.63) is 35.8 Å². The van der Waals surface area contributed by atoms with Gasteiger partial charge in [-0.15, -0.1) is 0 Å². The molecular formula is C11H16N4. The third kappa shape index (κ3) is 4.81. The zero-order chi connectivity index (χ0) is 16.4. The van der Waals surface area contributed by atoms with Gasteiger partial charge in [-0.05, 0) is 18.9 Å². The summed E-state index contributed by atoms with van der Waals surface area (Å²) in [6.07, 6.45) is -2.73. The van der Waals surface area contributed by atoms with Crippen molar-refractivity contribution in [2.45, 2.75) is 13.3 Å². The second kappa shape index (κ2) is 5.80. The average molecular weight is 210 g/mol.